The molecule has 0 atom stereocenters. The van der Waals surface area contributed by atoms with Gasteiger partial charge in [0.15, 0.2) is 0 Å². The molecule has 0 amide bonds. The van der Waals surface area contributed by atoms with E-state index in [2.05, 4.69) is 5.32 Å². The molecule has 1 fully saturated rings. The number of rotatable bonds is 4. The molecule has 20 heavy (non-hydrogen) atoms. The van der Waals surface area contributed by atoms with Crippen LogP contribution in [-0.2, 0) is 20.6 Å². The third kappa shape index (κ3) is 3.35. The van der Waals surface area contributed by atoms with Crippen LogP contribution in [0.15, 0.2) is 29.2 Å². The second kappa shape index (κ2) is 6.17. The van der Waals surface area contributed by atoms with Crippen molar-refractivity contribution in [1.82, 2.24) is 0 Å². The molecular formula is C12H15F2NO3S2. The number of alkyl halides is 2. The molecule has 0 saturated carbocycles. The smallest absolute Gasteiger partial charge is 0.341 e. The van der Waals surface area contributed by atoms with Crippen LogP contribution in [0, 0.1) is 0 Å². The molecule has 1 aromatic rings. The molecule has 1 aliphatic rings. The number of sulfone groups is 1. The normalized spacial score (nSPS) is 23.8. The lowest BCUT2D eigenvalue weighted by Crippen LogP contribution is -2.30. The van der Waals surface area contributed by atoms with Crippen molar-refractivity contribution in [2.45, 2.75) is 29.5 Å². The molecule has 1 heterocycles. The van der Waals surface area contributed by atoms with Gasteiger partial charge in [0.05, 0.1) is 10.6 Å². The van der Waals surface area contributed by atoms with Crippen molar-refractivity contribution in [3.63, 3.8) is 0 Å². The van der Waals surface area contributed by atoms with Crippen LogP contribution in [0.2, 0.25) is 0 Å². The molecule has 2 rings (SSSR count). The lowest BCUT2D eigenvalue weighted by atomic mass is 10.1. The maximum absolute atomic E-state index is 12.7. The Balaban J connectivity index is 2.23. The van der Waals surface area contributed by atoms with Gasteiger partial charge in [0.25, 0.3) is 0 Å². The third-order valence-corrected chi connectivity index (χ3v) is 6.00. The van der Waals surface area contributed by atoms with Gasteiger partial charge in [0.1, 0.15) is 0 Å². The highest BCUT2D eigenvalue weighted by molar-refractivity contribution is 7.91. The summed E-state index contributed by atoms with van der Waals surface area (Å²) in [5, 5.41) is 2.98. The van der Waals surface area contributed by atoms with Crippen molar-refractivity contribution >= 4 is 26.3 Å². The second-order valence-electron chi connectivity index (χ2n) is 4.57. The number of para-hydroxylation sites is 1. The summed E-state index contributed by atoms with van der Waals surface area (Å²) in [7, 11) is -5.45. The quantitative estimate of drug-likeness (QED) is 0.920. The summed E-state index contributed by atoms with van der Waals surface area (Å²) in [4.78, 5) is -0.387. The zero-order valence-electron chi connectivity index (χ0n) is 10.6. The molecule has 1 aromatic carbocycles. The first-order valence-electron chi connectivity index (χ1n) is 6.14. The van der Waals surface area contributed by atoms with Crippen molar-refractivity contribution in [2.75, 3.05) is 16.8 Å². The summed E-state index contributed by atoms with van der Waals surface area (Å²) in [6.07, 6.45) is 1.27. The fourth-order valence-electron chi connectivity index (χ4n) is 2.09. The molecule has 0 unspecified atom stereocenters. The topological polar surface area (TPSA) is 63.2 Å². The Morgan fingerprint density at radius 3 is 2.40 bits per heavy atom. The molecule has 0 bridgehead atoms. The Bertz CT molecular complexity index is 594. The average molecular weight is 323 g/mol. The minimum absolute atomic E-state index is 0.0401. The Hall–Kier alpha value is -1.02. The van der Waals surface area contributed by atoms with E-state index in [4.69, 9.17) is 0 Å². The second-order valence-corrected chi connectivity index (χ2v) is 8.15. The summed E-state index contributed by atoms with van der Waals surface area (Å²) in [6.45, 7) is 0. The largest absolute Gasteiger partial charge is 0.381 e. The highest BCUT2D eigenvalue weighted by Gasteiger charge is 2.30. The van der Waals surface area contributed by atoms with Crippen molar-refractivity contribution in [2.24, 2.45) is 0 Å². The predicted octanol–water partition coefficient (Wildman–Crippen LogP) is 2.01. The van der Waals surface area contributed by atoms with E-state index in [9.17, 15) is 21.4 Å². The number of halogens is 2. The summed E-state index contributed by atoms with van der Waals surface area (Å²) < 4.78 is 59.8. The van der Waals surface area contributed by atoms with Gasteiger partial charge in [0.2, 0.25) is 9.84 Å². The van der Waals surface area contributed by atoms with Crippen LogP contribution in [-0.4, -0.2) is 35.9 Å². The summed E-state index contributed by atoms with van der Waals surface area (Å²) in [5.74, 6) is -2.35. The number of benzene rings is 1. The summed E-state index contributed by atoms with van der Waals surface area (Å²) in [6, 6.07) is 5.61. The monoisotopic (exact) mass is 323 g/mol. The molecule has 0 aliphatic carbocycles. The van der Waals surface area contributed by atoms with Crippen LogP contribution in [0.25, 0.3) is 0 Å². The lowest BCUT2D eigenvalue weighted by Gasteiger charge is -2.24. The molecule has 112 valence electrons. The first-order valence-corrected chi connectivity index (χ1v) is 9.17. The van der Waals surface area contributed by atoms with Gasteiger partial charge < -0.3 is 5.32 Å². The first-order chi connectivity index (χ1) is 9.41. The molecule has 1 saturated heterocycles. The van der Waals surface area contributed by atoms with Crippen LogP contribution >= 0.6 is 0 Å². The Morgan fingerprint density at radius 2 is 1.80 bits per heavy atom. The van der Waals surface area contributed by atoms with Crippen LogP contribution in [0.4, 0.5) is 14.5 Å². The van der Waals surface area contributed by atoms with Crippen LogP contribution in [0.5, 0.6) is 0 Å². The SMILES string of the molecule is O=S1CCC(Nc2ccccc2S(=O)(=O)C(F)F)CC1. The molecule has 1 N–H and O–H groups in total. The van der Waals surface area contributed by atoms with Gasteiger partial charge in [-0.1, -0.05) is 12.1 Å². The summed E-state index contributed by atoms with van der Waals surface area (Å²) >= 11 is 0. The summed E-state index contributed by atoms with van der Waals surface area (Å²) in [5.41, 5.74) is 0.186. The molecule has 1 aliphatic heterocycles. The highest BCUT2D eigenvalue weighted by atomic mass is 32.2. The fourth-order valence-corrected chi connectivity index (χ4v) is 4.28. The van der Waals surface area contributed by atoms with E-state index >= 15 is 0 Å². The maximum atomic E-state index is 12.7. The Morgan fingerprint density at radius 1 is 1.20 bits per heavy atom. The Labute approximate surface area is 118 Å². The van der Waals surface area contributed by atoms with Crippen LogP contribution < -0.4 is 5.32 Å². The van der Waals surface area contributed by atoms with Crippen molar-refractivity contribution in [3.05, 3.63) is 24.3 Å². The zero-order valence-corrected chi connectivity index (χ0v) is 12.2. The lowest BCUT2D eigenvalue weighted by molar-refractivity contribution is 0.235. The van der Waals surface area contributed by atoms with E-state index in [1.54, 1.807) is 6.07 Å². The van der Waals surface area contributed by atoms with Crippen molar-refractivity contribution in [3.8, 4) is 0 Å². The molecule has 4 nitrogen and oxygen atoms in total. The maximum Gasteiger partial charge on any atom is 0.341 e. The van der Waals surface area contributed by atoms with Crippen molar-refractivity contribution in [1.29, 1.82) is 0 Å². The van der Waals surface area contributed by atoms with E-state index in [0.29, 0.717) is 24.3 Å². The van der Waals surface area contributed by atoms with Gasteiger partial charge in [-0.3, -0.25) is 4.21 Å². The number of anilines is 1. The standard InChI is InChI=1S/C12H15F2NO3S2/c13-12(14)20(17,18)11-4-2-1-3-10(11)15-9-5-7-19(16)8-6-9/h1-4,9,12,15H,5-8H2. The van der Waals surface area contributed by atoms with E-state index in [1.165, 1.54) is 18.2 Å². The average Bonchev–Trinajstić information content (AvgIpc) is 2.41. The minimum atomic E-state index is -4.62. The van der Waals surface area contributed by atoms with Gasteiger partial charge in [-0.25, -0.2) is 8.42 Å². The van der Waals surface area contributed by atoms with Crippen molar-refractivity contribution < 1.29 is 21.4 Å². The fraction of sp³-hybridized carbons (Fsp3) is 0.500. The van der Waals surface area contributed by atoms with Gasteiger partial charge in [-0.05, 0) is 25.0 Å². The van der Waals surface area contributed by atoms with Crippen LogP contribution in [0.3, 0.4) is 0 Å². The van der Waals surface area contributed by atoms with Gasteiger partial charge in [0, 0.05) is 28.3 Å². The highest BCUT2D eigenvalue weighted by Crippen LogP contribution is 2.27. The number of hydrogen-bond donors (Lipinski definition) is 1. The third-order valence-electron chi connectivity index (χ3n) is 3.18. The van der Waals surface area contributed by atoms with E-state index < -0.39 is 26.4 Å². The molecular weight excluding hydrogens is 308 g/mol. The number of nitrogens with one attached hydrogen (secondary N) is 1. The number of hydrogen-bond acceptors (Lipinski definition) is 4. The van der Waals surface area contributed by atoms with Crippen LogP contribution in [0.1, 0.15) is 12.8 Å². The van der Waals surface area contributed by atoms with E-state index in [-0.39, 0.29) is 16.6 Å². The van der Waals surface area contributed by atoms with Gasteiger partial charge in [-0.2, -0.15) is 8.78 Å². The van der Waals surface area contributed by atoms with E-state index in [1.807, 2.05) is 0 Å². The predicted molar refractivity (Wildman–Crippen MR) is 74.2 cm³/mol. The molecule has 0 radical (unpaired) electrons. The molecule has 8 heteroatoms. The molecule has 0 spiro atoms. The molecule has 0 aromatic heterocycles. The van der Waals surface area contributed by atoms with Gasteiger partial charge >= 0.3 is 5.76 Å². The van der Waals surface area contributed by atoms with Gasteiger partial charge in [-0.15, -0.1) is 0 Å². The van der Waals surface area contributed by atoms with E-state index in [0.717, 1.165) is 0 Å². The zero-order chi connectivity index (χ0) is 14.8. The Kier molecular flexibility index (Phi) is 4.74. The minimum Gasteiger partial charge on any atom is -0.381 e. The first kappa shape index (κ1) is 15.4.